The third-order valence-electron chi connectivity index (χ3n) is 1.75. The fourth-order valence-electron chi connectivity index (χ4n) is 1.20. The van der Waals surface area contributed by atoms with E-state index in [9.17, 15) is 10.1 Å². The topological polar surface area (TPSA) is 87.0 Å². The molecule has 0 atom stereocenters. The minimum Gasteiger partial charge on any atom is -0.378 e. The molecule has 0 radical (unpaired) electrons. The van der Waals surface area contributed by atoms with Crippen molar-refractivity contribution in [2.45, 2.75) is 26.8 Å². The zero-order chi connectivity index (χ0) is 10.0. The van der Waals surface area contributed by atoms with Crippen LogP contribution in [0.4, 0.5) is 11.5 Å². The molecule has 0 fully saturated rings. The number of hydrogen-bond acceptors (Lipinski definition) is 4. The summed E-state index contributed by atoms with van der Waals surface area (Å²) in [5.74, 6) is 0.143. The number of anilines is 1. The van der Waals surface area contributed by atoms with E-state index in [0.717, 1.165) is 6.42 Å². The molecule has 0 spiro atoms. The smallest absolute Gasteiger partial charge is 0.333 e. The first-order valence-corrected chi connectivity index (χ1v) is 4.05. The molecule has 0 bridgehead atoms. The van der Waals surface area contributed by atoms with E-state index in [1.165, 1.54) is 4.68 Å². The minimum atomic E-state index is -0.496. The third kappa shape index (κ3) is 1.61. The number of nitrogens with two attached hydrogens (primary N) is 1. The van der Waals surface area contributed by atoms with Crippen LogP contribution in [0.3, 0.4) is 0 Å². The summed E-state index contributed by atoms with van der Waals surface area (Å²) in [5, 5.41) is 14.5. The highest BCUT2D eigenvalue weighted by atomic mass is 16.6. The third-order valence-corrected chi connectivity index (χ3v) is 1.75. The van der Waals surface area contributed by atoms with Crippen LogP contribution in [0.15, 0.2) is 0 Å². The monoisotopic (exact) mass is 184 g/mol. The summed E-state index contributed by atoms with van der Waals surface area (Å²) in [7, 11) is 0. The van der Waals surface area contributed by atoms with Gasteiger partial charge in [-0.05, 0) is 13.3 Å². The predicted octanol–water partition coefficient (Wildman–Crippen LogP) is 1.09. The SMILES string of the molecule is CCCn1nc(C)c([N+](=O)[O-])c1N. The number of aromatic nitrogens is 2. The average Bonchev–Trinajstić information content (AvgIpc) is 2.28. The van der Waals surface area contributed by atoms with Crippen LogP contribution in [0, 0.1) is 17.0 Å². The molecule has 72 valence electrons. The number of aryl methyl sites for hydroxylation is 2. The number of hydrogen-bond donors (Lipinski definition) is 1. The standard InChI is InChI=1S/C7H12N4O2/c1-3-4-10-7(8)6(11(12)13)5(2)9-10/h3-4,8H2,1-2H3. The van der Waals surface area contributed by atoms with Gasteiger partial charge >= 0.3 is 5.69 Å². The first-order valence-electron chi connectivity index (χ1n) is 4.05. The van der Waals surface area contributed by atoms with Crippen molar-refractivity contribution in [3.63, 3.8) is 0 Å². The summed E-state index contributed by atoms with van der Waals surface area (Å²) in [5.41, 5.74) is 5.85. The maximum absolute atomic E-state index is 10.5. The molecule has 0 amide bonds. The summed E-state index contributed by atoms with van der Waals surface area (Å²) < 4.78 is 1.47. The maximum Gasteiger partial charge on any atom is 0.333 e. The second-order valence-electron chi connectivity index (χ2n) is 2.80. The Bertz CT molecular complexity index is 331. The van der Waals surface area contributed by atoms with E-state index < -0.39 is 4.92 Å². The summed E-state index contributed by atoms with van der Waals surface area (Å²) >= 11 is 0. The highest BCUT2D eigenvalue weighted by Gasteiger charge is 2.21. The van der Waals surface area contributed by atoms with E-state index in [2.05, 4.69) is 5.10 Å². The molecule has 0 aromatic carbocycles. The zero-order valence-corrected chi connectivity index (χ0v) is 7.65. The molecule has 0 aliphatic heterocycles. The average molecular weight is 184 g/mol. The van der Waals surface area contributed by atoms with Gasteiger partial charge in [-0.1, -0.05) is 6.92 Å². The molecule has 1 rings (SSSR count). The number of nitrogens with zero attached hydrogens (tertiary/aromatic N) is 3. The lowest BCUT2D eigenvalue weighted by Crippen LogP contribution is -2.04. The molecule has 0 unspecified atom stereocenters. The lowest BCUT2D eigenvalue weighted by Gasteiger charge is -1.98. The Morgan fingerprint density at radius 2 is 2.31 bits per heavy atom. The van der Waals surface area contributed by atoms with Crippen LogP contribution in [-0.4, -0.2) is 14.7 Å². The van der Waals surface area contributed by atoms with Gasteiger partial charge in [-0.3, -0.25) is 10.1 Å². The molecule has 1 aromatic heterocycles. The summed E-state index contributed by atoms with van der Waals surface area (Å²) in [6, 6.07) is 0. The van der Waals surface area contributed by atoms with Gasteiger partial charge in [-0.2, -0.15) is 5.10 Å². The Morgan fingerprint density at radius 1 is 1.69 bits per heavy atom. The second-order valence-corrected chi connectivity index (χ2v) is 2.80. The van der Waals surface area contributed by atoms with Crippen molar-refractivity contribution in [3.8, 4) is 0 Å². The van der Waals surface area contributed by atoms with Gasteiger partial charge in [0.15, 0.2) is 0 Å². The van der Waals surface area contributed by atoms with Gasteiger partial charge < -0.3 is 5.73 Å². The molecule has 1 aromatic rings. The van der Waals surface area contributed by atoms with Gasteiger partial charge in [0, 0.05) is 6.54 Å². The van der Waals surface area contributed by atoms with Gasteiger partial charge in [0.05, 0.1) is 4.92 Å². The van der Waals surface area contributed by atoms with E-state index in [1.54, 1.807) is 6.92 Å². The van der Waals surface area contributed by atoms with Crippen molar-refractivity contribution < 1.29 is 4.92 Å². The Morgan fingerprint density at radius 3 is 2.69 bits per heavy atom. The molecule has 0 aliphatic rings. The molecular formula is C7H12N4O2. The van der Waals surface area contributed by atoms with Crippen molar-refractivity contribution in [1.29, 1.82) is 0 Å². The number of nitrogen functional groups attached to an aromatic ring is 1. The quantitative estimate of drug-likeness (QED) is 0.562. The van der Waals surface area contributed by atoms with Gasteiger partial charge in [-0.25, -0.2) is 4.68 Å². The van der Waals surface area contributed by atoms with Crippen LogP contribution >= 0.6 is 0 Å². The Labute approximate surface area is 75.5 Å². The van der Waals surface area contributed by atoms with Crippen molar-refractivity contribution >= 4 is 11.5 Å². The van der Waals surface area contributed by atoms with Crippen LogP contribution in [0.2, 0.25) is 0 Å². The van der Waals surface area contributed by atoms with Gasteiger partial charge in [0.2, 0.25) is 5.82 Å². The molecule has 1 heterocycles. The van der Waals surface area contributed by atoms with Crippen LogP contribution in [0.1, 0.15) is 19.0 Å². The lowest BCUT2D eigenvalue weighted by molar-refractivity contribution is -0.384. The fraction of sp³-hybridized carbons (Fsp3) is 0.571. The van der Waals surface area contributed by atoms with E-state index in [-0.39, 0.29) is 11.5 Å². The summed E-state index contributed by atoms with van der Waals surface area (Å²) in [6.07, 6.45) is 0.850. The minimum absolute atomic E-state index is 0.0755. The predicted molar refractivity (Wildman–Crippen MR) is 48.3 cm³/mol. The van der Waals surface area contributed by atoms with Crippen LogP contribution in [-0.2, 0) is 6.54 Å². The molecular weight excluding hydrogens is 172 g/mol. The second kappa shape index (κ2) is 3.42. The molecule has 0 saturated carbocycles. The molecule has 0 aliphatic carbocycles. The fourth-order valence-corrected chi connectivity index (χ4v) is 1.20. The first-order chi connectivity index (χ1) is 6.07. The van der Waals surface area contributed by atoms with Crippen molar-refractivity contribution in [2.75, 3.05) is 5.73 Å². The molecule has 6 heteroatoms. The lowest BCUT2D eigenvalue weighted by atomic mass is 10.4. The molecule has 13 heavy (non-hydrogen) atoms. The molecule has 0 saturated heterocycles. The highest BCUT2D eigenvalue weighted by Crippen LogP contribution is 2.24. The molecule has 2 N–H and O–H groups in total. The zero-order valence-electron chi connectivity index (χ0n) is 7.65. The number of nitro groups is 1. The van der Waals surface area contributed by atoms with E-state index >= 15 is 0 Å². The summed E-state index contributed by atoms with van der Waals surface area (Å²) in [6.45, 7) is 4.16. The van der Waals surface area contributed by atoms with Gasteiger partial charge in [0.25, 0.3) is 0 Å². The van der Waals surface area contributed by atoms with Crippen molar-refractivity contribution in [1.82, 2.24) is 9.78 Å². The highest BCUT2D eigenvalue weighted by molar-refractivity contribution is 5.55. The van der Waals surface area contributed by atoms with Crippen LogP contribution in [0.5, 0.6) is 0 Å². The maximum atomic E-state index is 10.5. The Kier molecular flexibility index (Phi) is 2.50. The molecule has 6 nitrogen and oxygen atoms in total. The van der Waals surface area contributed by atoms with E-state index in [4.69, 9.17) is 5.73 Å². The van der Waals surface area contributed by atoms with Crippen molar-refractivity contribution in [2.24, 2.45) is 0 Å². The summed E-state index contributed by atoms with van der Waals surface area (Å²) in [4.78, 5) is 10.0. The van der Waals surface area contributed by atoms with E-state index in [1.807, 2.05) is 6.92 Å². The van der Waals surface area contributed by atoms with Crippen LogP contribution < -0.4 is 5.73 Å². The number of rotatable bonds is 3. The normalized spacial score (nSPS) is 10.3. The Hall–Kier alpha value is -1.59. The largest absolute Gasteiger partial charge is 0.378 e. The Balaban J connectivity index is 3.14. The van der Waals surface area contributed by atoms with E-state index in [0.29, 0.717) is 12.2 Å². The van der Waals surface area contributed by atoms with Crippen molar-refractivity contribution in [3.05, 3.63) is 15.8 Å². The van der Waals surface area contributed by atoms with Crippen LogP contribution in [0.25, 0.3) is 0 Å². The first kappa shape index (κ1) is 9.50. The van der Waals surface area contributed by atoms with Gasteiger partial charge in [0.1, 0.15) is 5.69 Å². The van der Waals surface area contributed by atoms with Gasteiger partial charge in [-0.15, -0.1) is 0 Å².